The third-order valence-corrected chi connectivity index (χ3v) is 4.88. The molecule has 0 atom stereocenters. The van der Waals surface area contributed by atoms with Crippen LogP contribution in [0.1, 0.15) is 25.8 Å². The monoisotopic (exact) mass is 244 g/mol. The molecule has 0 aromatic carbocycles. The molecule has 1 aromatic heterocycles. The molecule has 16 heavy (non-hydrogen) atoms. The van der Waals surface area contributed by atoms with Crippen LogP contribution in [0.25, 0.3) is 0 Å². The molecule has 1 aromatic rings. The van der Waals surface area contributed by atoms with Crippen LogP contribution in [0.3, 0.4) is 0 Å². The quantitative estimate of drug-likeness (QED) is 0.765. The minimum Gasteiger partial charge on any atom is -0.249 e. The highest BCUT2D eigenvalue weighted by molar-refractivity contribution is 7.89. The van der Waals surface area contributed by atoms with Crippen molar-refractivity contribution in [3.05, 3.63) is 12.4 Å². The second-order valence-corrected chi connectivity index (χ2v) is 6.17. The van der Waals surface area contributed by atoms with Crippen molar-refractivity contribution < 1.29 is 8.42 Å². The Labute approximate surface area is 95.3 Å². The highest BCUT2D eigenvalue weighted by atomic mass is 32.2. The molecular formula is C9H16N4O2S. The maximum Gasteiger partial charge on any atom is 0.213 e. The van der Waals surface area contributed by atoms with Crippen molar-refractivity contribution in [1.82, 2.24) is 19.3 Å². The molecule has 0 saturated carbocycles. The second-order valence-electron chi connectivity index (χ2n) is 3.91. The summed E-state index contributed by atoms with van der Waals surface area (Å²) in [5.74, 6) is 0.182. The molecule has 0 amide bonds. The normalized spacial score (nSPS) is 20.1. The van der Waals surface area contributed by atoms with Crippen molar-refractivity contribution in [2.75, 3.05) is 18.8 Å². The smallest absolute Gasteiger partial charge is 0.213 e. The first-order valence-electron chi connectivity index (χ1n) is 5.47. The van der Waals surface area contributed by atoms with Gasteiger partial charge in [0.2, 0.25) is 10.0 Å². The van der Waals surface area contributed by atoms with E-state index in [1.807, 2.05) is 10.9 Å². The fourth-order valence-corrected chi connectivity index (χ4v) is 3.11. The Morgan fingerprint density at radius 1 is 1.38 bits per heavy atom. The van der Waals surface area contributed by atoms with Crippen LogP contribution in [-0.2, 0) is 10.0 Å². The number of nitrogens with zero attached hydrogens (tertiary/aromatic N) is 4. The Balaban J connectivity index is 1.98. The highest BCUT2D eigenvalue weighted by Crippen LogP contribution is 2.22. The lowest BCUT2D eigenvalue weighted by Crippen LogP contribution is -2.39. The van der Waals surface area contributed by atoms with E-state index < -0.39 is 10.0 Å². The first-order chi connectivity index (χ1) is 7.63. The maximum atomic E-state index is 11.6. The van der Waals surface area contributed by atoms with Gasteiger partial charge in [0, 0.05) is 19.3 Å². The van der Waals surface area contributed by atoms with E-state index in [0.29, 0.717) is 13.1 Å². The Kier molecular flexibility index (Phi) is 3.25. The zero-order valence-corrected chi connectivity index (χ0v) is 10.1. The molecular weight excluding hydrogens is 228 g/mol. The van der Waals surface area contributed by atoms with Crippen LogP contribution in [0.5, 0.6) is 0 Å². The Morgan fingerprint density at radius 3 is 2.56 bits per heavy atom. The molecule has 0 unspecified atom stereocenters. The molecule has 6 nitrogen and oxygen atoms in total. The third kappa shape index (κ3) is 2.25. The molecule has 0 radical (unpaired) electrons. The number of rotatable bonds is 3. The van der Waals surface area contributed by atoms with E-state index in [4.69, 9.17) is 0 Å². The minimum atomic E-state index is -3.03. The van der Waals surface area contributed by atoms with E-state index >= 15 is 0 Å². The van der Waals surface area contributed by atoms with E-state index in [1.54, 1.807) is 17.4 Å². The van der Waals surface area contributed by atoms with Gasteiger partial charge in [-0.25, -0.2) is 17.4 Å². The zero-order chi connectivity index (χ0) is 11.6. The van der Waals surface area contributed by atoms with Crippen molar-refractivity contribution in [3.63, 3.8) is 0 Å². The van der Waals surface area contributed by atoms with Gasteiger partial charge in [0.15, 0.2) is 0 Å². The van der Waals surface area contributed by atoms with E-state index in [2.05, 4.69) is 10.3 Å². The summed E-state index contributed by atoms with van der Waals surface area (Å²) in [7, 11) is -3.03. The van der Waals surface area contributed by atoms with Gasteiger partial charge in [-0.2, -0.15) is 0 Å². The van der Waals surface area contributed by atoms with Gasteiger partial charge in [-0.1, -0.05) is 5.21 Å². The van der Waals surface area contributed by atoms with Crippen LogP contribution in [0.15, 0.2) is 12.4 Å². The van der Waals surface area contributed by atoms with Crippen LogP contribution < -0.4 is 0 Å². The predicted octanol–water partition coefficient (Wildman–Crippen LogP) is 0.265. The Hall–Kier alpha value is -0.950. The van der Waals surface area contributed by atoms with Crippen LogP contribution in [0, 0.1) is 0 Å². The van der Waals surface area contributed by atoms with E-state index in [1.165, 1.54) is 0 Å². The van der Waals surface area contributed by atoms with Crippen molar-refractivity contribution in [3.8, 4) is 0 Å². The van der Waals surface area contributed by atoms with Gasteiger partial charge < -0.3 is 0 Å². The summed E-state index contributed by atoms with van der Waals surface area (Å²) in [4.78, 5) is 0. The van der Waals surface area contributed by atoms with E-state index in [0.717, 1.165) is 12.8 Å². The average molecular weight is 244 g/mol. The first-order valence-corrected chi connectivity index (χ1v) is 7.08. The molecule has 1 aliphatic rings. The Morgan fingerprint density at radius 2 is 2.06 bits per heavy atom. The lowest BCUT2D eigenvalue weighted by atomic mass is 10.1. The standard InChI is InChI=1S/C9H16N4O2S/c1-2-16(14,15)12-6-3-9(4-7-12)13-8-5-10-11-13/h5,8-9H,2-4,6-7H2,1H3. The highest BCUT2D eigenvalue weighted by Gasteiger charge is 2.27. The average Bonchev–Trinajstić information content (AvgIpc) is 2.83. The van der Waals surface area contributed by atoms with E-state index in [-0.39, 0.29) is 11.8 Å². The molecule has 2 heterocycles. The second kappa shape index (κ2) is 4.50. The molecule has 0 N–H and O–H groups in total. The lowest BCUT2D eigenvalue weighted by molar-refractivity contribution is 0.258. The molecule has 0 spiro atoms. The molecule has 1 aliphatic heterocycles. The molecule has 0 bridgehead atoms. The number of hydrogen-bond acceptors (Lipinski definition) is 4. The van der Waals surface area contributed by atoms with Gasteiger partial charge in [-0.3, -0.25) is 0 Å². The van der Waals surface area contributed by atoms with Crippen molar-refractivity contribution in [2.24, 2.45) is 0 Å². The summed E-state index contributed by atoms with van der Waals surface area (Å²) < 4.78 is 26.7. The van der Waals surface area contributed by atoms with Crippen molar-refractivity contribution in [1.29, 1.82) is 0 Å². The molecule has 2 rings (SSSR count). The SMILES string of the molecule is CCS(=O)(=O)N1CCC(n2ccnn2)CC1. The summed E-state index contributed by atoms with van der Waals surface area (Å²) in [6.45, 7) is 2.85. The van der Waals surface area contributed by atoms with Crippen LogP contribution in [0.4, 0.5) is 0 Å². The zero-order valence-electron chi connectivity index (χ0n) is 9.28. The largest absolute Gasteiger partial charge is 0.249 e. The summed E-state index contributed by atoms with van der Waals surface area (Å²) in [5, 5.41) is 7.71. The van der Waals surface area contributed by atoms with Crippen LogP contribution in [0.2, 0.25) is 0 Å². The van der Waals surface area contributed by atoms with Crippen molar-refractivity contribution >= 4 is 10.0 Å². The summed E-state index contributed by atoms with van der Waals surface area (Å²) in [5.41, 5.74) is 0. The number of sulfonamides is 1. The van der Waals surface area contributed by atoms with E-state index in [9.17, 15) is 8.42 Å². The Bertz CT molecular complexity index is 420. The molecule has 90 valence electrons. The molecule has 1 fully saturated rings. The maximum absolute atomic E-state index is 11.6. The number of hydrogen-bond donors (Lipinski definition) is 0. The molecule has 7 heteroatoms. The third-order valence-electron chi connectivity index (χ3n) is 3.00. The fraction of sp³-hybridized carbons (Fsp3) is 0.778. The van der Waals surface area contributed by atoms with Crippen LogP contribution in [-0.4, -0.2) is 46.6 Å². The van der Waals surface area contributed by atoms with Gasteiger partial charge in [0.25, 0.3) is 0 Å². The van der Waals surface area contributed by atoms with Gasteiger partial charge >= 0.3 is 0 Å². The fourth-order valence-electron chi connectivity index (χ4n) is 1.98. The van der Waals surface area contributed by atoms with Crippen molar-refractivity contribution in [2.45, 2.75) is 25.8 Å². The topological polar surface area (TPSA) is 68.1 Å². The van der Waals surface area contributed by atoms with Gasteiger partial charge in [0.05, 0.1) is 18.0 Å². The predicted molar refractivity (Wildman–Crippen MR) is 59.3 cm³/mol. The lowest BCUT2D eigenvalue weighted by Gasteiger charge is -2.30. The van der Waals surface area contributed by atoms with Gasteiger partial charge in [0.1, 0.15) is 0 Å². The molecule has 1 saturated heterocycles. The number of piperidine rings is 1. The minimum absolute atomic E-state index is 0.182. The van der Waals surface area contributed by atoms with Gasteiger partial charge in [-0.05, 0) is 19.8 Å². The first kappa shape index (κ1) is 11.5. The number of aromatic nitrogens is 3. The molecule has 0 aliphatic carbocycles. The summed E-state index contributed by atoms with van der Waals surface area (Å²) in [6, 6.07) is 0.283. The van der Waals surface area contributed by atoms with Gasteiger partial charge in [-0.15, -0.1) is 5.10 Å². The van der Waals surface area contributed by atoms with Crippen LogP contribution >= 0.6 is 0 Å². The summed E-state index contributed by atoms with van der Waals surface area (Å²) in [6.07, 6.45) is 5.09. The summed E-state index contributed by atoms with van der Waals surface area (Å²) >= 11 is 0.